The average molecular weight is 1590 g/mol. The summed E-state index contributed by atoms with van der Waals surface area (Å²) in [7, 11) is 0. The van der Waals surface area contributed by atoms with E-state index < -0.39 is 243 Å². The minimum atomic E-state index is -2.23. The summed E-state index contributed by atoms with van der Waals surface area (Å²) in [5, 5.41) is 123. The van der Waals surface area contributed by atoms with Crippen molar-refractivity contribution >= 4 is 82.8 Å². The molecule has 628 valence electrons. The number of hydrogen-bond donors (Lipinski definition) is 20. The molecule has 1 aromatic rings. The summed E-state index contributed by atoms with van der Waals surface area (Å²) in [6, 6.07) is -12.5. The van der Waals surface area contributed by atoms with E-state index in [1.165, 1.54) is 52.0 Å². The Bertz CT molecular complexity index is 3360. The predicted octanol–water partition coefficient (Wildman–Crippen LogP) is -4.93. The van der Waals surface area contributed by atoms with Gasteiger partial charge in [0, 0.05) is 38.9 Å². The third kappa shape index (κ3) is 31.0. The molecule has 0 bridgehead atoms. The molecule has 3 heterocycles. The molecule has 3 saturated heterocycles. The number of aromatic hydroxyl groups is 1. The number of hydrogen-bond acceptors (Lipinski definition) is 25. The first kappa shape index (κ1) is 95.1. The molecule has 0 aromatic heterocycles. The predicted molar refractivity (Wildman–Crippen MR) is 399 cm³/mol. The van der Waals surface area contributed by atoms with Gasteiger partial charge in [-0.15, -0.1) is 0 Å². The zero-order valence-corrected chi connectivity index (χ0v) is 65.2. The molecule has 3 aliphatic heterocycles. The molecule has 0 saturated carbocycles. The van der Waals surface area contributed by atoms with Crippen molar-refractivity contribution in [2.75, 3.05) is 32.7 Å². The van der Waals surface area contributed by atoms with Crippen molar-refractivity contribution in [1.29, 1.82) is 5.26 Å². The summed E-state index contributed by atoms with van der Waals surface area (Å²) >= 11 is 0. The van der Waals surface area contributed by atoms with E-state index in [4.69, 9.17) is 15.7 Å². The number of aliphatic hydroxyl groups excluding tert-OH is 7. The first-order valence-electron chi connectivity index (χ1n) is 38.6. The maximum atomic E-state index is 14.8. The minimum absolute atomic E-state index is 0.0542. The number of primary amides is 1. The fourth-order valence-corrected chi connectivity index (χ4v) is 13.1. The Morgan fingerprint density at radius 1 is 0.580 bits per heavy atom. The van der Waals surface area contributed by atoms with Gasteiger partial charge in [0.05, 0.1) is 68.2 Å². The van der Waals surface area contributed by atoms with E-state index in [-0.39, 0.29) is 57.4 Å². The van der Waals surface area contributed by atoms with E-state index in [0.29, 0.717) is 23.3 Å². The number of esters is 1. The molecule has 0 aliphatic carbocycles. The molecule has 38 nitrogen and oxygen atoms in total. The van der Waals surface area contributed by atoms with Crippen LogP contribution in [0.4, 0.5) is 0 Å². The highest BCUT2D eigenvalue weighted by atomic mass is 16.5. The number of fused-ring (bicyclic) bond motifs is 2. The van der Waals surface area contributed by atoms with E-state index in [2.05, 4.69) is 65.4 Å². The molecule has 4 rings (SSSR count). The van der Waals surface area contributed by atoms with Gasteiger partial charge in [-0.3, -0.25) is 62.3 Å². The van der Waals surface area contributed by atoms with Crippen LogP contribution >= 0.6 is 0 Å². The van der Waals surface area contributed by atoms with Crippen molar-refractivity contribution in [1.82, 2.24) is 68.3 Å². The molecule has 21 N–H and O–H groups in total. The fraction of sp³-hybridized carbons (Fsp3) is 0.716. The molecule has 38 heteroatoms. The molecule has 112 heavy (non-hydrogen) atoms. The molecular formula is C74H119N15O23. The van der Waals surface area contributed by atoms with Crippen molar-refractivity contribution in [2.45, 2.75) is 299 Å². The normalized spacial score (nSPS) is 27.5. The molecule has 19 atom stereocenters. The number of benzene rings is 1. The van der Waals surface area contributed by atoms with Crippen molar-refractivity contribution in [2.24, 2.45) is 11.7 Å². The molecular weight excluding hydrogens is 1470 g/mol. The highest BCUT2D eigenvalue weighted by molar-refractivity contribution is 6.00. The molecule has 2 unspecified atom stereocenters. The van der Waals surface area contributed by atoms with Gasteiger partial charge >= 0.3 is 5.97 Å². The lowest BCUT2D eigenvalue weighted by Gasteiger charge is -2.34. The summed E-state index contributed by atoms with van der Waals surface area (Å²) in [6.07, 6.45) is -6.04. The topological polar surface area (TPSA) is 599 Å². The first-order chi connectivity index (χ1) is 52.9. The SMILES string of the molecule is CCCCCCCCCCCCC[C@@H]1CC(=O)N[C@H]([C@@H](C)O)C(=O)N[C@H](C)C(=O)N[C@@H](Cc2ccc(O)cc2)C(=O)N[C@@H](C(C)C)C(=O)N2C[C@H](O)C[C@H]2C(=O)N[C@H]([C@@H](C)O)C(=O)N[C@@H]([C@@H](C)O)C(=O)N2CC[C@H](O)[C@H]2C(=O)NC(C(O)CC(N)=O)C(=O)NCC(=O)N[C@@H]([C@@H](C)O)C(=O)N[C@H](CCCNCCC#N)C(=O)O1. The number of unbranched alkanes of at least 4 members (excludes halogenated alkanes) is 10. The summed E-state index contributed by atoms with van der Waals surface area (Å²) < 4.78 is 6.02. The molecule has 3 fully saturated rings. The number of nitrogens with two attached hydrogens (primary N) is 1. The van der Waals surface area contributed by atoms with Crippen LogP contribution in [0.15, 0.2) is 24.3 Å². The summed E-state index contributed by atoms with van der Waals surface area (Å²) in [4.78, 5) is 200. The van der Waals surface area contributed by atoms with Crippen LogP contribution in [0.5, 0.6) is 5.75 Å². The standard InChI is InChI=1S/C74H119N15O23/c1-9-10-11-12-13-14-15-16-17-18-19-22-48-35-55(99)82-58(41(5)90)68(105)79-40(4)64(101)81-50(33-45-24-26-46(94)27-25-45)65(102)84-57(39(2)3)72(109)89-38-47(95)34-51(89)66(103)85-60(43(7)92)70(107)86-61(44(8)93)73(110)88-32-28-52(96)63(88)71(108)87-62(53(97)36-54(76)98)67(104)78-37-56(100)83-59(42(6)91)69(106)80-49(74(111)112-48)23-20-30-77-31-21-29-75/h24-27,39-44,47-53,57-63,77,90-97H,9-23,28,30-38H2,1-8H3,(H2,76,98)(H,78,104)(H,79,105)(H,80,106)(H,81,101)(H,82,99)(H,83,100)(H,84,102)(H,85,103)(H,86,107)(H,87,108)/t40-,41-,42-,43-,44-,47-,48-,49-,50+,51+,52+,53?,57+,58-,59+,60-,61+,62?,63+/m1/s1. The summed E-state index contributed by atoms with van der Waals surface area (Å²) in [5.41, 5.74) is 5.71. The number of cyclic esters (lactones) is 1. The Morgan fingerprint density at radius 3 is 1.67 bits per heavy atom. The van der Waals surface area contributed by atoms with E-state index in [0.717, 1.165) is 83.5 Å². The number of nitrogens with zero attached hydrogens (tertiary/aromatic N) is 3. The number of carbonyl (C=O) groups is 14. The molecule has 0 spiro atoms. The summed E-state index contributed by atoms with van der Waals surface area (Å²) in [6.45, 7) is 9.11. The number of nitrogens with one attached hydrogen (secondary N) is 11. The van der Waals surface area contributed by atoms with Crippen LogP contribution in [0.2, 0.25) is 0 Å². The van der Waals surface area contributed by atoms with E-state index >= 15 is 0 Å². The van der Waals surface area contributed by atoms with Crippen LogP contribution in [-0.2, 0) is 78.3 Å². The maximum Gasteiger partial charge on any atom is 0.328 e. The Labute approximate surface area is 651 Å². The van der Waals surface area contributed by atoms with Gasteiger partial charge in [-0.1, -0.05) is 97.1 Å². The third-order valence-electron chi connectivity index (χ3n) is 19.5. The summed E-state index contributed by atoms with van der Waals surface area (Å²) in [5.74, 6) is -17.2. The van der Waals surface area contributed by atoms with Gasteiger partial charge in [0.2, 0.25) is 76.8 Å². The average Bonchev–Trinajstić information content (AvgIpc) is 1.63. The van der Waals surface area contributed by atoms with Crippen LogP contribution in [0, 0.1) is 17.2 Å². The Balaban J connectivity index is 1.82. The van der Waals surface area contributed by atoms with Gasteiger partial charge in [-0.05, 0) is 96.9 Å². The number of ether oxygens (including phenoxy) is 1. The number of carbonyl (C=O) groups excluding carboxylic acids is 14. The van der Waals surface area contributed by atoms with Crippen molar-refractivity contribution < 1.29 is 113 Å². The van der Waals surface area contributed by atoms with Crippen molar-refractivity contribution in [3.05, 3.63) is 29.8 Å². The van der Waals surface area contributed by atoms with Gasteiger partial charge in [-0.25, -0.2) is 4.79 Å². The lowest BCUT2D eigenvalue weighted by molar-refractivity contribution is -0.155. The van der Waals surface area contributed by atoms with Gasteiger partial charge in [0.25, 0.3) is 0 Å². The second-order valence-electron chi connectivity index (χ2n) is 29.5. The lowest BCUT2D eigenvalue weighted by Crippen LogP contribution is -2.64. The van der Waals surface area contributed by atoms with Gasteiger partial charge in [0.15, 0.2) is 0 Å². The van der Waals surface area contributed by atoms with E-state index in [1.54, 1.807) is 0 Å². The van der Waals surface area contributed by atoms with Crippen molar-refractivity contribution in [3.63, 3.8) is 0 Å². The van der Waals surface area contributed by atoms with Gasteiger partial charge in [-0.2, -0.15) is 5.26 Å². The Kier molecular flexibility index (Phi) is 40.8. The van der Waals surface area contributed by atoms with E-state index in [9.17, 15) is 108 Å². The molecule has 0 radical (unpaired) electrons. The quantitative estimate of drug-likeness (QED) is 0.0276. The maximum absolute atomic E-state index is 14.8. The Morgan fingerprint density at radius 2 is 1.10 bits per heavy atom. The van der Waals surface area contributed by atoms with Gasteiger partial charge < -0.3 is 120 Å². The van der Waals surface area contributed by atoms with Crippen LogP contribution in [0.3, 0.4) is 0 Å². The number of phenolic OH excluding ortho intramolecular Hbond substituents is 1. The fourth-order valence-electron chi connectivity index (χ4n) is 13.1. The second-order valence-corrected chi connectivity index (χ2v) is 29.5. The van der Waals surface area contributed by atoms with Crippen LogP contribution in [0.25, 0.3) is 0 Å². The lowest BCUT2D eigenvalue weighted by atomic mass is 9.99. The number of amides is 13. The van der Waals surface area contributed by atoms with E-state index in [1.807, 2.05) is 6.07 Å². The number of rotatable bonds is 28. The zero-order valence-electron chi connectivity index (χ0n) is 65.2. The smallest absolute Gasteiger partial charge is 0.328 e. The largest absolute Gasteiger partial charge is 0.508 e. The minimum Gasteiger partial charge on any atom is -0.508 e. The molecule has 13 amide bonds. The molecule has 3 aliphatic rings. The zero-order chi connectivity index (χ0) is 83.6. The van der Waals surface area contributed by atoms with Crippen molar-refractivity contribution in [3.8, 4) is 11.8 Å². The molecule has 1 aromatic carbocycles. The van der Waals surface area contributed by atoms with Crippen LogP contribution < -0.4 is 64.2 Å². The highest BCUT2D eigenvalue weighted by Gasteiger charge is 2.48. The Hall–Kier alpha value is -9.23. The first-order valence-corrected chi connectivity index (χ1v) is 38.6. The van der Waals surface area contributed by atoms with Crippen LogP contribution in [0.1, 0.15) is 183 Å². The third-order valence-corrected chi connectivity index (χ3v) is 19.5. The van der Waals surface area contributed by atoms with Crippen LogP contribution in [-0.4, -0.2) is 281 Å². The highest BCUT2D eigenvalue weighted by Crippen LogP contribution is 2.25. The monoisotopic (exact) mass is 1590 g/mol. The van der Waals surface area contributed by atoms with Gasteiger partial charge in [0.1, 0.15) is 78.3 Å². The number of nitriles is 1. The second kappa shape index (κ2) is 48.0. The number of aliphatic hydroxyl groups is 7. The number of phenols is 1.